The summed E-state index contributed by atoms with van der Waals surface area (Å²) in [4.78, 5) is 27.5. The molecule has 1 aliphatic rings. The second-order valence-corrected chi connectivity index (χ2v) is 5.28. The van der Waals surface area contributed by atoms with E-state index in [1.54, 1.807) is 19.1 Å². The van der Waals surface area contributed by atoms with Gasteiger partial charge in [-0.05, 0) is 26.1 Å². The van der Waals surface area contributed by atoms with Crippen molar-refractivity contribution in [1.82, 2.24) is 4.90 Å². The molecule has 23 heavy (non-hydrogen) atoms. The van der Waals surface area contributed by atoms with Crippen LogP contribution in [0.2, 0.25) is 0 Å². The second kappa shape index (κ2) is 7.61. The molecule has 0 atom stereocenters. The van der Waals surface area contributed by atoms with E-state index in [2.05, 4.69) is 33.0 Å². The van der Waals surface area contributed by atoms with Crippen LogP contribution in [-0.2, 0) is 14.3 Å². The van der Waals surface area contributed by atoms with Gasteiger partial charge in [-0.3, -0.25) is 4.79 Å². The summed E-state index contributed by atoms with van der Waals surface area (Å²) in [7, 11) is 2.05. The van der Waals surface area contributed by atoms with Gasteiger partial charge in [-0.2, -0.15) is 5.26 Å². The van der Waals surface area contributed by atoms with E-state index in [-0.39, 0.29) is 6.61 Å². The molecule has 0 bridgehead atoms. The van der Waals surface area contributed by atoms with Crippen molar-refractivity contribution in [3.8, 4) is 6.07 Å². The van der Waals surface area contributed by atoms with Crippen LogP contribution in [-0.4, -0.2) is 56.6 Å². The van der Waals surface area contributed by atoms with Crippen LogP contribution in [0.1, 0.15) is 12.5 Å². The number of carbonyl (C=O) groups is 2. The molecule has 122 valence electrons. The molecule has 0 saturated carbocycles. The van der Waals surface area contributed by atoms with E-state index in [4.69, 9.17) is 0 Å². The largest absolute Gasteiger partial charge is 0.459 e. The Balaban J connectivity index is 2.22. The molecule has 7 nitrogen and oxygen atoms in total. The highest BCUT2D eigenvalue weighted by Gasteiger charge is 2.21. The highest BCUT2D eigenvalue weighted by Crippen LogP contribution is 2.27. The first-order valence-electron chi connectivity index (χ1n) is 7.51. The van der Waals surface area contributed by atoms with E-state index in [9.17, 15) is 14.9 Å². The highest BCUT2D eigenvalue weighted by atomic mass is 16.5. The molecule has 0 radical (unpaired) electrons. The second-order valence-electron chi connectivity index (χ2n) is 5.28. The minimum Gasteiger partial charge on any atom is -0.459 e. The Morgan fingerprint density at radius 1 is 1.30 bits per heavy atom. The van der Waals surface area contributed by atoms with Gasteiger partial charge in [0.2, 0.25) is 0 Å². The number of rotatable bonds is 3. The summed E-state index contributed by atoms with van der Waals surface area (Å²) in [6.45, 7) is 5.17. The van der Waals surface area contributed by atoms with Crippen molar-refractivity contribution in [2.75, 3.05) is 50.1 Å². The van der Waals surface area contributed by atoms with Crippen LogP contribution in [0.25, 0.3) is 0 Å². The lowest BCUT2D eigenvalue weighted by atomic mass is 10.1. The Kier molecular flexibility index (Phi) is 5.55. The molecule has 1 heterocycles. The number of nitriles is 1. The standard InChI is InChI=1S/C16H20N4O3/c1-3-23-16(22)15(21)18-13-5-4-6-14(12(13)11-17)20-9-7-19(2)8-10-20/h4-6H,3,7-10H2,1-2H3,(H,18,21). The average Bonchev–Trinajstić information content (AvgIpc) is 2.55. The fraction of sp³-hybridized carbons (Fsp3) is 0.438. The van der Waals surface area contributed by atoms with Crippen LogP contribution in [0.15, 0.2) is 18.2 Å². The monoisotopic (exact) mass is 316 g/mol. The topological polar surface area (TPSA) is 85.7 Å². The number of carbonyl (C=O) groups excluding carboxylic acids is 2. The maximum Gasteiger partial charge on any atom is 0.397 e. The number of ether oxygens (including phenoxy) is 1. The molecule has 0 aromatic heterocycles. The van der Waals surface area contributed by atoms with Gasteiger partial charge < -0.3 is 19.9 Å². The first kappa shape index (κ1) is 16.8. The Labute approximate surface area is 135 Å². The maximum atomic E-state index is 11.8. The Morgan fingerprint density at radius 2 is 2.00 bits per heavy atom. The van der Waals surface area contributed by atoms with E-state index >= 15 is 0 Å². The molecule has 1 saturated heterocycles. The van der Waals surface area contributed by atoms with Crippen molar-refractivity contribution in [3.63, 3.8) is 0 Å². The summed E-state index contributed by atoms with van der Waals surface area (Å²) in [6.07, 6.45) is 0. The van der Waals surface area contributed by atoms with Gasteiger partial charge in [0.15, 0.2) is 0 Å². The van der Waals surface area contributed by atoms with E-state index in [1.807, 2.05) is 6.07 Å². The van der Waals surface area contributed by atoms with Crippen molar-refractivity contribution in [1.29, 1.82) is 5.26 Å². The first-order chi connectivity index (χ1) is 11.1. The number of anilines is 2. The smallest absolute Gasteiger partial charge is 0.397 e. The zero-order valence-corrected chi connectivity index (χ0v) is 13.3. The lowest BCUT2D eigenvalue weighted by molar-refractivity contribution is -0.152. The van der Waals surface area contributed by atoms with Crippen LogP contribution in [0.3, 0.4) is 0 Å². The van der Waals surface area contributed by atoms with Crippen LogP contribution in [0, 0.1) is 11.3 Å². The van der Waals surface area contributed by atoms with Crippen molar-refractivity contribution < 1.29 is 14.3 Å². The van der Waals surface area contributed by atoms with E-state index in [0.717, 1.165) is 31.9 Å². The van der Waals surface area contributed by atoms with Crippen molar-refractivity contribution in [2.45, 2.75) is 6.92 Å². The first-order valence-corrected chi connectivity index (χ1v) is 7.51. The summed E-state index contributed by atoms with van der Waals surface area (Å²) in [6, 6.07) is 7.34. The summed E-state index contributed by atoms with van der Waals surface area (Å²) in [5.74, 6) is -1.83. The van der Waals surface area contributed by atoms with Gasteiger partial charge in [0.1, 0.15) is 6.07 Å². The third-order valence-electron chi connectivity index (χ3n) is 3.71. The predicted octanol–water partition coefficient (Wildman–Crippen LogP) is 0.812. The molecule has 1 N–H and O–H groups in total. The summed E-state index contributed by atoms with van der Waals surface area (Å²) in [5.41, 5.74) is 1.44. The molecule has 1 aliphatic heterocycles. The molecule has 1 aromatic rings. The van der Waals surface area contributed by atoms with Gasteiger partial charge in [0, 0.05) is 26.2 Å². The number of esters is 1. The van der Waals surface area contributed by atoms with Gasteiger partial charge >= 0.3 is 11.9 Å². The van der Waals surface area contributed by atoms with Gasteiger partial charge in [0.25, 0.3) is 0 Å². The molecule has 1 aromatic carbocycles. The fourth-order valence-corrected chi connectivity index (χ4v) is 2.44. The van der Waals surface area contributed by atoms with E-state index in [0.29, 0.717) is 11.3 Å². The lowest BCUT2D eigenvalue weighted by Crippen LogP contribution is -2.44. The number of piperazine rings is 1. The van der Waals surface area contributed by atoms with Gasteiger partial charge in [-0.25, -0.2) is 4.79 Å². The van der Waals surface area contributed by atoms with Gasteiger partial charge in [-0.1, -0.05) is 6.07 Å². The third kappa shape index (κ3) is 3.99. The highest BCUT2D eigenvalue weighted by molar-refractivity contribution is 6.37. The molecule has 2 rings (SSSR count). The van der Waals surface area contributed by atoms with Gasteiger partial charge in [0.05, 0.1) is 23.5 Å². The predicted molar refractivity (Wildman–Crippen MR) is 86.1 cm³/mol. The lowest BCUT2D eigenvalue weighted by Gasteiger charge is -2.34. The summed E-state index contributed by atoms with van der Waals surface area (Å²) in [5, 5.41) is 11.9. The van der Waals surface area contributed by atoms with Crippen molar-refractivity contribution >= 4 is 23.3 Å². The van der Waals surface area contributed by atoms with E-state index in [1.165, 1.54) is 0 Å². The third-order valence-corrected chi connectivity index (χ3v) is 3.71. The zero-order chi connectivity index (χ0) is 16.8. The maximum absolute atomic E-state index is 11.8. The summed E-state index contributed by atoms with van der Waals surface area (Å²) >= 11 is 0. The molecular weight excluding hydrogens is 296 g/mol. The molecule has 1 fully saturated rings. The van der Waals surface area contributed by atoms with Crippen LogP contribution < -0.4 is 10.2 Å². The minimum absolute atomic E-state index is 0.124. The SMILES string of the molecule is CCOC(=O)C(=O)Nc1cccc(N2CCN(C)CC2)c1C#N. The molecule has 0 unspecified atom stereocenters. The number of likely N-dealkylation sites (N-methyl/N-ethyl adjacent to an activating group) is 1. The molecule has 0 aliphatic carbocycles. The molecule has 1 amide bonds. The quantitative estimate of drug-likeness (QED) is 0.656. The molecular formula is C16H20N4O3. The molecule has 0 spiro atoms. The van der Waals surface area contributed by atoms with Crippen LogP contribution in [0.4, 0.5) is 11.4 Å². The molecule has 7 heteroatoms. The number of amides is 1. The summed E-state index contributed by atoms with van der Waals surface area (Å²) < 4.78 is 4.66. The van der Waals surface area contributed by atoms with Crippen LogP contribution in [0.5, 0.6) is 0 Å². The minimum atomic E-state index is -0.957. The average molecular weight is 316 g/mol. The number of nitrogens with zero attached hydrogens (tertiary/aromatic N) is 3. The van der Waals surface area contributed by atoms with Crippen molar-refractivity contribution in [3.05, 3.63) is 23.8 Å². The normalized spacial score (nSPS) is 14.9. The number of hydrogen-bond acceptors (Lipinski definition) is 6. The number of nitrogens with one attached hydrogen (secondary N) is 1. The van der Waals surface area contributed by atoms with Crippen molar-refractivity contribution in [2.24, 2.45) is 0 Å². The number of benzene rings is 1. The zero-order valence-electron chi connectivity index (χ0n) is 13.3. The Morgan fingerprint density at radius 3 is 2.61 bits per heavy atom. The van der Waals surface area contributed by atoms with Gasteiger partial charge in [-0.15, -0.1) is 0 Å². The fourth-order valence-electron chi connectivity index (χ4n) is 2.44. The van der Waals surface area contributed by atoms with E-state index < -0.39 is 11.9 Å². The van der Waals surface area contributed by atoms with Crippen LogP contribution >= 0.6 is 0 Å². The Bertz CT molecular complexity index is 631. The number of hydrogen-bond donors (Lipinski definition) is 1. The Hall–Kier alpha value is -2.59.